The van der Waals surface area contributed by atoms with Gasteiger partial charge in [0.05, 0.1) is 19.3 Å². The van der Waals surface area contributed by atoms with Crippen LogP contribution in [0, 0.1) is 0 Å². The van der Waals surface area contributed by atoms with Gasteiger partial charge in [0, 0.05) is 18.2 Å². The summed E-state index contributed by atoms with van der Waals surface area (Å²) in [6.45, 7) is 7.10. The van der Waals surface area contributed by atoms with Crippen molar-refractivity contribution in [1.82, 2.24) is 5.32 Å². The van der Waals surface area contributed by atoms with Crippen molar-refractivity contribution in [2.75, 3.05) is 18.5 Å². The van der Waals surface area contributed by atoms with E-state index in [1.807, 2.05) is 50.2 Å². The molecule has 6 heteroatoms. The molecule has 0 fully saturated rings. The minimum Gasteiger partial charge on any atom is -0.490 e. The lowest BCUT2D eigenvalue weighted by atomic mass is 9.98. The van der Waals surface area contributed by atoms with Crippen LogP contribution in [0.15, 0.2) is 42.5 Å². The van der Waals surface area contributed by atoms with E-state index in [2.05, 4.69) is 17.6 Å². The summed E-state index contributed by atoms with van der Waals surface area (Å²) in [6, 6.07) is 11.4. The van der Waals surface area contributed by atoms with Crippen molar-refractivity contribution in [1.29, 1.82) is 0 Å². The Morgan fingerprint density at radius 1 is 1.13 bits per heavy atom. The van der Waals surface area contributed by atoms with Gasteiger partial charge in [-0.3, -0.25) is 9.59 Å². The fourth-order valence-electron chi connectivity index (χ4n) is 3.42. The van der Waals surface area contributed by atoms with Gasteiger partial charge in [-0.15, -0.1) is 0 Å². The Kier molecular flexibility index (Phi) is 7.70. The monoisotopic (exact) mass is 422 g/mol. The molecule has 0 saturated heterocycles. The summed E-state index contributed by atoms with van der Waals surface area (Å²) in [7, 11) is 0. The van der Waals surface area contributed by atoms with E-state index in [0.717, 1.165) is 35.2 Å². The second-order valence-corrected chi connectivity index (χ2v) is 7.52. The largest absolute Gasteiger partial charge is 0.490 e. The van der Waals surface area contributed by atoms with Crippen LogP contribution in [0.1, 0.15) is 56.3 Å². The van der Waals surface area contributed by atoms with Crippen LogP contribution in [0.4, 0.5) is 5.69 Å². The van der Waals surface area contributed by atoms with E-state index in [-0.39, 0.29) is 17.9 Å². The standard InChI is InChI=1S/C25H30N2O4/c1-4-14-31-22-11-6-18(15-23(22)30-5-2)7-12-24(28)26-17(3)19-8-10-21-20(16-19)9-13-25(29)27-21/h6-8,10-12,15-17H,4-5,9,13-14H2,1-3H3,(H,26,28)(H,27,29)/b12-7+. The molecule has 0 radical (unpaired) electrons. The Balaban J connectivity index is 1.63. The zero-order valence-electron chi connectivity index (χ0n) is 18.4. The third-order valence-corrected chi connectivity index (χ3v) is 5.04. The topological polar surface area (TPSA) is 76.7 Å². The second kappa shape index (κ2) is 10.7. The molecule has 164 valence electrons. The number of hydrogen-bond acceptors (Lipinski definition) is 4. The quantitative estimate of drug-likeness (QED) is 0.577. The van der Waals surface area contributed by atoms with Crippen LogP contribution in [0.2, 0.25) is 0 Å². The molecule has 1 unspecified atom stereocenters. The molecule has 6 nitrogen and oxygen atoms in total. The highest BCUT2D eigenvalue weighted by atomic mass is 16.5. The molecule has 1 heterocycles. The molecule has 1 atom stereocenters. The first-order chi connectivity index (χ1) is 15.0. The number of fused-ring (bicyclic) bond motifs is 1. The first kappa shape index (κ1) is 22.4. The van der Waals surface area contributed by atoms with Crippen molar-refractivity contribution in [3.63, 3.8) is 0 Å². The average Bonchev–Trinajstić information content (AvgIpc) is 2.76. The molecule has 0 saturated carbocycles. The van der Waals surface area contributed by atoms with E-state index in [9.17, 15) is 9.59 Å². The Bertz CT molecular complexity index is 968. The molecule has 31 heavy (non-hydrogen) atoms. The van der Waals surface area contributed by atoms with Gasteiger partial charge in [-0.05, 0) is 67.7 Å². The lowest BCUT2D eigenvalue weighted by molar-refractivity contribution is -0.117. The maximum Gasteiger partial charge on any atom is 0.244 e. The van der Waals surface area contributed by atoms with Gasteiger partial charge >= 0.3 is 0 Å². The molecule has 1 aliphatic rings. The Hall–Kier alpha value is -3.28. The second-order valence-electron chi connectivity index (χ2n) is 7.52. The zero-order valence-corrected chi connectivity index (χ0v) is 18.4. The minimum atomic E-state index is -0.178. The summed E-state index contributed by atoms with van der Waals surface area (Å²) in [5.41, 5.74) is 3.82. The zero-order chi connectivity index (χ0) is 22.2. The van der Waals surface area contributed by atoms with Crippen LogP contribution in [-0.4, -0.2) is 25.0 Å². The van der Waals surface area contributed by atoms with Gasteiger partial charge in [0.2, 0.25) is 11.8 Å². The average molecular weight is 423 g/mol. The van der Waals surface area contributed by atoms with Gasteiger partial charge in [-0.25, -0.2) is 0 Å². The molecule has 1 aliphatic heterocycles. The number of anilines is 1. The van der Waals surface area contributed by atoms with Crippen LogP contribution < -0.4 is 20.1 Å². The SMILES string of the molecule is CCCOc1ccc(/C=C/C(=O)NC(C)c2ccc3c(c2)CCC(=O)N3)cc1OCC. The maximum atomic E-state index is 12.4. The van der Waals surface area contributed by atoms with E-state index in [1.54, 1.807) is 6.08 Å². The van der Waals surface area contributed by atoms with Gasteiger partial charge in [0.1, 0.15) is 0 Å². The van der Waals surface area contributed by atoms with Crippen molar-refractivity contribution >= 4 is 23.6 Å². The lowest BCUT2D eigenvalue weighted by Gasteiger charge is -2.20. The van der Waals surface area contributed by atoms with Crippen molar-refractivity contribution in [2.24, 2.45) is 0 Å². The first-order valence-corrected chi connectivity index (χ1v) is 10.8. The first-order valence-electron chi connectivity index (χ1n) is 10.8. The van der Waals surface area contributed by atoms with Gasteiger partial charge in [0.15, 0.2) is 11.5 Å². The van der Waals surface area contributed by atoms with E-state index < -0.39 is 0 Å². The van der Waals surface area contributed by atoms with Crippen molar-refractivity contribution in [2.45, 2.75) is 46.1 Å². The highest BCUT2D eigenvalue weighted by Crippen LogP contribution is 2.29. The van der Waals surface area contributed by atoms with Crippen molar-refractivity contribution in [3.8, 4) is 11.5 Å². The number of carbonyl (C=O) groups excluding carboxylic acids is 2. The number of nitrogens with one attached hydrogen (secondary N) is 2. The van der Waals surface area contributed by atoms with E-state index >= 15 is 0 Å². The third-order valence-electron chi connectivity index (χ3n) is 5.04. The van der Waals surface area contributed by atoms with Gasteiger partial charge in [-0.1, -0.05) is 25.1 Å². The number of benzene rings is 2. The fraction of sp³-hybridized carbons (Fsp3) is 0.360. The molecule has 2 aromatic carbocycles. The number of amides is 2. The highest BCUT2D eigenvalue weighted by molar-refractivity contribution is 5.94. The number of hydrogen-bond donors (Lipinski definition) is 2. The molecule has 0 spiro atoms. The summed E-state index contributed by atoms with van der Waals surface area (Å²) in [5.74, 6) is 1.25. The molecular formula is C25H30N2O4. The summed E-state index contributed by atoms with van der Waals surface area (Å²) in [4.78, 5) is 24.0. The Labute approximate surface area is 183 Å². The molecule has 0 bridgehead atoms. The molecule has 3 rings (SSSR count). The molecule has 2 aromatic rings. The van der Waals surface area contributed by atoms with Crippen LogP contribution in [0.3, 0.4) is 0 Å². The number of rotatable bonds is 9. The summed E-state index contributed by atoms with van der Waals surface area (Å²) >= 11 is 0. The van der Waals surface area contributed by atoms with Crippen molar-refractivity contribution < 1.29 is 19.1 Å². The van der Waals surface area contributed by atoms with Crippen LogP contribution in [0.25, 0.3) is 6.08 Å². The summed E-state index contributed by atoms with van der Waals surface area (Å²) in [6.07, 6.45) is 5.41. The molecule has 2 amide bonds. The normalized spacial score (nSPS) is 14.0. The van der Waals surface area contributed by atoms with Crippen molar-refractivity contribution in [3.05, 3.63) is 59.2 Å². The molecular weight excluding hydrogens is 392 g/mol. The summed E-state index contributed by atoms with van der Waals surface area (Å²) in [5, 5.41) is 5.87. The Morgan fingerprint density at radius 2 is 1.97 bits per heavy atom. The minimum absolute atomic E-state index is 0.0455. The third kappa shape index (κ3) is 6.10. The maximum absolute atomic E-state index is 12.4. The number of carbonyl (C=O) groups is 2. The summed E-state index contributed by atoms with van der Waals surface area (Å²) < 4.78 is 11.4. The molecule has 2 N–H and O–H groups in total. The number of aryl methyl sites for hydroxylation is 1. The predicted molar refractivity (Wildman–Crippen MR) is 122 cm³/mol. The highest BCUT2D eigenvalue weighted by Gasteiger charge is 2.16. The van der Waals surface area contributed by atoms with Gasteiger partial charge in [-0.2, -0.15) is 0 Å². The van der Waals surface area contributed by atoms with Crippen LogP contribution in [0.5, 0.6) is 11.5 Å². The van der Waals surface area contributed by atoms with Gasteiger partial charge in [0.25, 0.3) is 0 Å². The Morgan fingerprint density at radius 3 is 2.74 bits per heavy atom. The fourth-order valence-corrected chi connectivity index (χ4v) is 3.42. The van der Waals surface area contributed by atoms with E-state index in [1.165, 1.54) is 6.08 Å². The smallest absolute Gasteiger partial charge is 0.244 e. The van der Waals surface area contributed by atoms with E-state index in [4.69, 9.17) is 9.47 Å². The lowest BCUT2D eigenvalue weighted by Crippen LogP contribution is -2.25. The predicted octanol–water partition coefficient (Wildman–Crippen LogP) is 4.65. The van der Waals surface area contributed by atoms with Gasteiger partial charge < -0.3 is 20.1 Å². The molecule has 0 aliphatic carbocycles. The van der Waals surface area contributed by atoms with E-state index in [0.29, 0.717) is 31.1 Å². The number of ether oxygens (including phenoxy) is 2. The van der Waals surface area contributed by atoms with Crippen LogP contribution in [-0.2, 0) is 16.0 Å². The molecule has 0 aromatic heterocycles. The van der Waals surface area contributed by atoms with Crippen LogP contribution >= 0.6 is 0 Å².